The molecule has 1 heterocycles. The van der Waals surface area contributed by atoms with E-state index in [1.54, 1.807) is 25.3 Å². The molecule has 0 atom stereocenters. The second-order valence-electron chi connectivity index (χ2n) is 4.69. The maximum absolute atomic E-state index is 14.0. The highest BCUT2D eigenvalue weighted by Gasteiger charge is 2.06. The van der Waals surface area contributed by atoms with E-state index in [9.17, 15) is 4.39 Å². The van der Waals surface area contributed by atoms with E-state index in [2.05, 4.69) is 22.0 Å². The molecule has 0 aliphatic rings. The number of nitrogens with zero attached hydrogens (tertiary/aromatic N) is 4. The molecule has 2 rings (SSSR count). The van der Waals surface area contributed by atoms with Crippen molar-refractivity contribution in [2.24, 2.45) is 7.05 Å². The maximum atomic E-state index is 14.0. The summed E-state index contributed by atoms with van der Waals surface area (Å²) in [7, 11) is 1.69. The fourth-order valence-corrected chi connectivity index (χ4v) is 1.87. The predicted octanol–water partition coefficient (Wildman–Crippen LogP) is 3.33. The van der Waals surface area contributed by atoms with Crippen LogP contribution in [0.2, 0.25) is 0 Å². The van der Waals surface area contributed by atoms with Gasteiger partial charge in [-0.15, -0.1) is 10.2 Å². The Kier molecular flexibility index (Phi) is 4.42. The van der Waals surface area contributed by atoms with Gasteiger partial charge in [0.25, 0.3) is 0 Å². The van der Waals surface area contributed by atoms with Crippen LogP contribution in [0.4, 0.5) is 4.39 Å². The Bertz CT molecular complexity index is 726. The van der Waals surface area contributed by atoms with Crippen molar-refractivity contribution >= 4 is 11.1 Å². The smallest absolute Gasteiger partial charge is 0.204 e. The summed E-state index contributed by atoms with van der Waals surface area (Å²) in [6.07, 6.45) is 5.40. The summed E-state index contributed by atoms with van der Waals surface area (Å²) in [5.74, 6) is 0.213. The van der Waals surface area contributed by atoms with E-state index in [0.717, 1.165) is 11.1 Å². The Morgan fingerprint density at radius 2 is 2.10 bits per heavy atom. The van der Waals surface area contributed by atoms with Crippen molar-refractivity contribution in [3.63, 3.8) is 0 Å². The first-order chi connectivity index (χ1) is 10.0. The number of aryl methyl sites for hydroxylation is 2. The topological polar surface area (TPSA) is 43.6 Å². The van der Waals surface area contributed by atoms with Gasteiger partial charge in [-0.1, -0.05) is 36.9 Å². The van der Waals surface area contributed by atoms with E-state index in [4.69, 9.17) is 0 Å². The van der Waals surface area contributed by atoms with Gasteiger partial charge in [0.1, 0.15) is 5.82 Å². The Morgan fingerprint density at radius 3 is 2.67 bits per heavy atom. The van der Waals surface area contributed by atoms with Gasteiger partial charge in [-0.05, 0) is 36.3 Å². The van der Waals surface area contributed by atoms with Crippen LogP contribution in [0.3, 0.4) is 0 Å². The number of halogens is 1. The van der Waals surface area contributed by atoms with Gasteiger partial charge in [0.15, 0.2) is 0 Å². The summed E-state index contributed by atoms with van der Waals surface area (Å²) in [6.45, 7) is 7.61. The molecule has 0 saturated heterocycles. The molecule has 0 fully saturated rings. The predicted molar refractivity (Wildman–Crippen MR) is 81.8 cm³/mol. The molecule has 0 aliphatic heterocycles. The van der Waals surface area contributed by atoms with Gasteiger partial charge >= 0.3 is 0 Å². The fourth-order valence-electron chi connectivity index (χ4n) is 1.87. The summed E-state index contributed by atoms with van der Waals surface area (Å²) < 4.78 is 14.0. The summed E-state index contributed by atoms with van der Waals surface area (Å²) in [6, 6.07) is 5.17. The van der Waals surface area contributed by atoms with E-state index in [0.29, 0.717) is 17.0 Å². The summed E-state index contributed by atoms with van der Waals surface area (Å²) in [5, 5.41) is 11.7. The molecule has 21 heavy (non-hydrogen) atoms. The highest BCUT2D eigenvalue weighted by molar-refractivity contribution is 5.79. The van der Waals surface area contributed by atoms with Crippen LogP contribution in [0.25, 0.3) is 11.1 Å². The van der Waals surface area contributed by atoms with Crippen LogP contribution < -0.4 is 0 Å². The average molecular weight is 284 g/mol. The highest BCUT2D eigenvalue weighted by Crippen LogP contribution is 2.22. The third kappa shape index (κ3) is 3.51. The van der Waals surface area contributed by atoms with Gasteiger partial charge in [-0.3, -0.25) is 0 Å². The van der Waals surface area contributed by atoms with Crippen LogP contribution in [0.5, 0.6) is 0 Å². The third-order valence-electron chi connectivity index (χ3n) is 3.01. The zero-order valence-electron chi connectivity index (χ0n) is 12.3. The van der Waals surface area contributed by atoms with Gasteiger partial charge < -0.3 is 0 Å². The average Bonchev–Trinajstić information content (AvgIpc) is 2.87. The van der Waals surface area contributed by atoms with Crippen molar-refractivity contribution < 1.29 is 4.39 Å². The number of aromatic nitrogens is 4. The largest absolute Gasteiger partial charge is 0.206 e. The SMILES string of the molecule is C=C(/C=C\C(=C/C)c1ccc(C)cc1F)c1nnn(C)n1. The zero-order chi connectivity index (χ0) is 15.4. The Morgan fingerprint density at radius 1 is 1.33 bits per heavy atom. The van der Waals surface area contributed by atoms with E-state index in [-0.39, 0.29) is 5.82 Å². The lowest BCUT2D eigenvalue weighted by molar-refractivity contribution is 0.623. The Balaban J connectivity index is 2.23. The van der Waals surface area contributed by atoms with Crippen molar-refractivity contribution in [1.82, 2.24) is 20.2 Å². The number of allylic oxidation sites excluding steroid dienone is 5. The molecule has 0 aliphatic carbocycles. The molecule has 0 radical (unpaired) electrons. The molecule has 0 N–H and O–H groups in total. The zero-order valence-corrected chi connectivity index (χ0v) is 12.3. The molecular formula is C16H17FN4. The quantitative estimate of drug-likeness (QED) is 0.809. The van der Waals surface area contributed by atoms with Crippen molar-refractivity contribution in [1.29, 1.82) is 0 Å². The highest BCUT2D eigenvalue weighted by atomic mass is 19.1. The monoisotopic (exact) mass is 284 g/mol. The van der Waals surface area contributed by atoms with Crippen molar-refractivity contribution in [3.8, 4) is 0 Å². The fraction of sp³-hybridized carbons (Fsp3) is 0.188. The summed E-state index contributed by atoms with van der Waals surface area (Å²) in [4.78, 5) is 1.37. The minimum absolute atomic E-state index is 0.240. The third-order valence-corrected chi connectivity index (χ3v) is 3.01. The molecule has 0 spiro atoms. The van der Waals surface area contributed by atoms with E-state index in [1.165, 1.54) is 10.9 Å². The van der Waals surface area contributed by atoms with Crippen LogP contribution in [0.1, 0.15) is 23.9 Å². The van der Waals surface area contributed by atoms with Gasteiger partial charge in [-0.2, -0.15) is 4.80 Å². The first kappa shape index (κ1) is 14.8. The summed E-state index contributed by atoms with van der Waals surface area (Å²) in [5.41, 5.74) is 2.84. The van der Waals surface area contributed by atoms with Crippen molar-refractivity contribution in [3.05, 3.63) is 65.8 Å². The molecule has 1 aromatic carbocycles. The van der Waals surface area contributed by atoms with Gasteiger partial charge in [0.2, 0.25) is 5.82 Å². The number of tetrazole rings is 1. The minimum atomic E-state index is -0.240. The molecule has 1 aromatic heterocycles. The van der Waals surface area contributed by atoms with E-state index in [1.807, 2.05) is 26.0 Å². The van der Waals surface area contributed by atoms with Crippen molar-refractivity contribution in [2.45, 2.75) is 13.8 Å². The number of hydrogen-bond donors (Lipinski definition) is 0. The number of hydrogen-bond acceptors (Lipinski definition) is 3. The number of rotatable bonds is 4. The first-order valence-corrected chi connectivity index (χ1v) is 6.55. The standard InChI is InChI=1S/C16H17FN4/c1-5-13(14-9-6-11(2)10-15(14)17)8-7-12(3)16-18-20-21(4)19-16/h5-10H,3H2,1-2,4H3/b8-7-,13-5+. The maximum Gasteiger partial charge on any atom is 0.204 e. The lowest BCUT2D eigenvalue weighted by Crippen LogP contribution is -1.92. The molecule has 4 nitrogen and oxygen atoms in total. The summed E-state index contributed by atoms with van der Waals surface area (Å²) >= 11 is 0. The normalized spacial score (nSPS) is 12.1. The molecule has 0 bridgehead atoms. The second-order valence-corrected chi connectivity index (χ2v) is 4.69. The molecule has 108 valence electrons. The molecule has 2 aromatic rings. The van der Waals surface area contributed by atoms with E-state index >= 15 is 0 Å². The number of benzene rings is 1. The van der Waals surface area contributed by atoms with Gasteiger partial charge in [0, 0.05) is 11.1 Å². The molecule has 0 amide bonds. The van der Waals surface area contributed by atoms with Crippen LogP contribution in [0.15, 0.2) is 43.0 Å². The minimum Gasteiger partial charge on any atom is -0.206 e. The van der Waals surface area contributed by atoms with Gasteiger partial charge in [-0.25, -0.2) is 4.39 Å². The van der Waals surface area contributed by atoms with Crippen LogP contribution in [-0.4, -0.2) is 20.2 Å². The van der Waals surface area contributed by atoms with E-state index < -0.39 is 0 Å². The lowest BCUT2D eigenvalue weighted by Gasteiger charge is -2.05. The Hall–Kier alpha value is -2.56. The molecule has 5 heteroatoms. The Labute approximate surface area is 123 Å². The molecule has 0 saturated carbocycles. The van der Waals surface area contributed by atoms with Crippen LogP contribution >= 0.6 is 0 Å². The van der Waals surface area contributed by atoms with Gasteiger partial charge in [0.05, 0.1) is 7.05 Å². The molecular weight excluding hydrogens is 267 g/mol. The van der Waals surface area contributed by atoms with Crippen molar-refractivity contribution in [2.75, 3.05) is 0 Å². The van der Waals surface area contributed by atoms with Crippen LogP contribution in [0, 0.1) is 12.7 Å². The second kappa shape index (κ2) is 6.26. The van der Waals surface area contributed by atoms with Crippen LogP contribution in [-0.2, 0) is 7.05 Å². The molecule has 0 unspecified atom stereocenters. The first-order valence-electron chi connectivity index (χ1n) is 6.55. The lowest BCUT2D eigenvalue weighted by atomic mass is 10.0.